The number of imide groups is 1. The number of rotatable bonds is 6. The zero-order chi connectivity index (χ0) is 33.5. The molecule has 47 heavy (non-hydrogen) atoms. The van der Waals surface area contributed by atoms with Gasteiger partial charge >= 0.3 is 12.1 Å². The molecule has 0 spiro atoms. The number of nitriles is 1. The van der Waals surface area contributed by atoms with Crippen LogP contribution in [-0.4, -0.2) is 52.9 Å². The molecule has 4 aromatic rings. The van der Waals surface area contributed by atoms with E-state index in [9.17, 15) is 32.8 Å². The molecule has 3 aromatic carbocycles. The van der Waals surface area contributed by atoms with E-state index in [-0.39, 0.29) is 35.9 Å². The first-order valence-electron chi connectivity index (χ1n) is 14.4. The molecule has 1 aromatic heterocycles. The van der Waals surface area contributed by atoms with E-state index in [0.717, 1.165) is 4.90 Å². The van der Waals surface area contributed by atoms with Crippen LogP contribution in [-0.2, 0) is 23.9 Å². The fourth-order valence-electron chi connectivity index (χ4n) is 7.38. The highest BCUT2D eigenvalue weighted by Crippen LogP contribution is 2.63. The van der Waals surface area contributed by atoms with Crippen LogP contribution in [0.5, 0.6) is 5.75 Å². The highest BCUT2D eigenvalue weighted by atomic mass is 35.5. The van der Waals surface area contributed by atoms with Crippen molar-refractivity contribution >= 4 is 68.3 Å². The van der Waals surface area contributed by atoms with Crippen molar-refractivity contribution in [2.24, 2.45) is 11.8 Å². The second-order valence-corrected chi connectivity index (χ2v) is 12.7. The van der Waals surface area contributed by atoms with Gasteiger partial charge in [-0.1, -0.05) is 47.5 Å². The summed E-state index contributed by atoms with van der Waals surface area (Å²) in [6.45, 7) is 1.22. The Bertz CT molecular complexity index is 2070. The number of nitrogens with zero attached hydrogens (tertiary/aromatic N) is 3. The summed E-state index contributed by atoms with van der Waals surface area (Å²) in [5.41, 5.74) is -2.42. The van der Waals surface area contributed by atoms with Crippen molar-refractivity contribution in [3.8, 4) is 11.8 Å². The first-order valence-corrected chi connectivity index (χ1v) is 15.2. The number of halogens is 5. The lowest BCUT2D eigenvalue weighted by Crippen LogP contribution is -2.52. The van der Waals surface area contributed by atoms with Gasteiger partial charge < -0.3 is 14.2 Å². The molecule has 0 aliphatic carbocycles. The Balaban J connectivity index is 1.27. The molecule has 0 unspecified atom stereocenters. The molecule has 3 aliphatic rings. The summed E-state index contributed by atoms with van der Waals surface area (Å²) in [6.07, 6.45) is -5.66. The van der Waals surface area contributed by atoms with Crippen LogP contribution in [0, 0.1) is 23.2 Å². The second-order valence-electron chi connectivity index (χ2n) is 11.9. The lowest BCUT2D eigenvalue weighted by atomic mass is 9.66. The van der Waals surface area contributed by atoms with Crippen LogP contribution in [0.2, 0.25) is 10.0 Å². The third-order valence-electron chi connectivity index (χ3n) is 9.35. The number of carbonyl (C=O) groups excluding carboxylic acids is 3. The lowest BCUT2D eigenvalue weighted by molar-refractivity contribution is -0.211. The first-order chi connectivity index (χ1) is 22.3. The minimum atomic E-state index is -5.30. The molecule has 14 heteroatoms. The quantitative estimate of drug-likeness (QED) is 0.166. The molecule has 2 amide bonds. The highest BCUT2D eigenvalue weighted by Gasteiger charge is 2.78. The zero-order valence-corrected chi connectivity index (χ0v) is 25.8. The Morgan fingerprint density at radius 2 is 1.77 bits per heavy atom. The summed E-state index contributed by atoms with van der Waals surface area (Å²) >= 11 is 12.8. The Labute approximate surface area is 274 Å². The molecule has 240 valence electrons. The van der Waals surface area contributed by atoms with Gasteiger partial charge in [0.1, 0.15) is 17.2 Å². The maximum Gasteiger partial charge on any atom is 0.490 e. The van der Waals surface area contributed by atoms with Crippen LogP contribution in [0.1, 0.15) is 25.3 Å². The number of ether oxygens (including phenoxy) is 3. The van der Waals surface area contributed by atoms with Crippen molar-refractivity contribution in [3.05, 3.63) is 76.4 Å². The normalized spacial score (nSPS) is 26.6. The second kappa shape index (κ2) is 10.8. The molecule has 3 aliphatic heterocycles. The molecule has 0 radical (unpaired) electrons. The van der Waals surface area contributed by atoms with Crippen LogP contribution < -0.4 is 9.64 Å². The van der Waals surface area contributed by atoms with Crippen LogP contribution in [0.4, 0.5) is 18.9 Å². The predicted octanol–water partition coefficient (Wildman–Crippen LogP) is 6.55. The molecular formula is C33H22Cl2F3N3O6. The number of anilines is 1. The number of hydrogen-bond donors (Lipinski definition) is 0. The summed E-state index contributed by atoms with van der Waals surface area (Å²) in [5.74, 6) is -6.02. The summed E-state index contributed by atoms with van der Waals surface area (Å²) in [7, 11) is 0. The van der Waals surface area contributed by atoms with E-state index >= 15 is 0 Å². The van der Waals surface area contributed by atoms with Gasteiger partial charge in [0.15, 0.2) is 5.75 Å². The molecule has 5 atom stereocenters. The number of amides is 2. The largest absolute Gasteiger partial charge is 0.490 e. The van der Waals surface area contributed by atoms with Crippen LogP contribution in [0.3, 0.4) is 0 Å². The number of benzene rings is 3. The number of aromatic nitrogens is 1. The Morgan fingerprint density at radius 1 is 1.06 bits per heavy atom. The molecule has 3 saturated heterocycles. The molecule has 2 bridgehead atoms. The number of hydrogen-bond acceptors (Lipinski definition) is 8. The number of esters is 1. The number of alkyl halides is 3. The van der Waals surface area contributed by atoms with Crippen molar-refractivity contribution in [2.45, 2.75) is 43.2 Å². The highest BCUT2D eigenvalue weighted by molar-refractivity contribution is 6.39. The van der Waals surface area contributed by atoms with E-state index in [1.807, 2.05) is 0 Å². The minimum absolute atomic E-state index is 0.0852. The summed E-state index contributed by atoms with van der Waals surface area (Å²) < 4.78 is 57.4. The Kier molecular flexibility index (Phi) is 7.16. The molecule has 9 nitrogen and oxygen atoms in total. The molecular weight excluding hydrogens is 662 g/mol. The zero-order valence-electron chi connectivity index (χ0n) is 24.3. The average Bonchev–Trinajstić information content (AvgIpc) is 3.58. The maximum atomic E-state index is 14.3. The van der Waals surface area contributed by atoms with E-state index in [1.54, 1.807) is 36.4 Å². The van der Waals surface area contributed by atoms with Gasteiger partial charge in [0.25, 0.3) is 0 Å². The number of carbonyl (C=O) groups is 3. The van der Waals surface area contributed by atoms with Gasteiger partial charge in [-0.15, -0.1) is 0 Å². The van der Waals surface area contributed by atoms with Crippen LogP contribution in [0.25, 0.3) is 21.7 Å². The average molecular weight is 684 g/mol. The third kappa shape index (κ3) is 4.63. The van der Waals surface area contributed by atoms with Gasteiger partial charge in [-0.05, 0) is 37.3 Å². The van der Waals surface area contributed by atoms with Gasteiger partial charge in [0.05, 0.1) is 51.4 Å². The molecule has 0 N–H and O–H groups in total. The van der Waals surface area contributed by atoms with Gasteiger partial charge in [-0.25, -0.2) is 9.69 Å². The summed E-state index contributed by atoms with van der Waals surface area (Å²) in [5, 5.41) is 11.7. The molecule has 0 saturated carbocycles. The monoisotopic (exact) mass is 683 g/mol. The van der Waals surface area contributed by atoms with Crippen molar-refractivity contribution in [2.75, 3.05) is 11.5 Å². The van der Waals surface area contributed by atoms with Crippen LogP contribution in [0.15, 0.2) is 60.8 Å². The smallest absolute Gasteiger partial charge is 0.490 e. The van der Waals surface area contributed by atoms with E-state index in [2.05, 4.69) is 11.1 Å². The molecule has 4 heterocycles. The topological polar surface area (TPSA) is 119 Å². The molecule has 3 fully saturated rings. The fourth-order valence-corrected chi connectivity index (χ4v) is 7.95. The number of fused-ring (bicyclic) bond motifs is 7. The Hall–Kier alpha value is -4.44. The number of pyridine rings is 1. The van der Waals surface area contributed by atoms with E-state index in [1.165, 1.54) is 31.3 Å². The molecule has 7 rings (SSSR count). The SMILES string of the molecule is C[C@]12O[C@](CCOc3c(Cl)cc(Cl)c4cccnc34)(C[C@@H]1OC(=O)C(F)(F)F)[C@H]1C(=O)N(c3ccc(C#N)c4ccccc34)C(=O)[C@H]12. The van der Waals surface area contributed by atoms with Crippen molar-refractivity contribution in [1.29, 1.82) is 5.26 Å². The van der Waals surface area contributed by atoms with Crippen molar-refractivity contribution in [3.63, 3.8) is 0 Å². The first kappa shape index (κ1) is 31.2. The lowest BCUT2D eigenvalue weighted by Gasteiger charge is -2.35. The maximum absolute atomic E-state index is 14.3. The van der Waals surface area contributed by atoms with Gasteiger partial charge in [-0.2, -0.15) is 18.4 Å². The fraction of sp³-hybridized carbons (Fsp3) is 0.303. The predicted molar refractivity (Wildman–Crippen MR) is 163 cm³/mol. The summed E-state index contributed by atoms with van der Waals surface area (Å²) in [6, 6.07) is 16.7. The van der Waals surface area contributed by atoms with Gasteiger partial charge in [-0.3, -0.25) is 14.6 Å². The van der Waals surface area contributed by atoms with E-state index in [4.69, 9.17) is 37.4 Å². The van der Waals surface area contributed by atoms with Gasteiger partial charge in [0, 0.05) is 35.2 Å². The van der Waals surface area contributed by atoms with E-state index in [0.29, 0.717) is 32.3 Å². The van der Waals surface area contributed by atoms with Gasteiger partial charge in [0.2, 0.25) is 11.8 Å². The van der Waals surface area contributed by atoms with Crippen LogP contribution >= 0.6 is 23.2 Å². The minimum Gasteiger partial charge on any atom is -0.490 e. The standard InChI is InChI=1S/C33H22Cl2F3N3O6/c1-31-23(46-30(44)33(36,37)38)14-32(47-31,10-12-45-27-21(35)13-20(34)19-7-4-11-40-26(19)27)25-24(31)28(42)41(29(25)43)22-9-8-16(15-39)17-5-2-3-6-18(17)22/h2-9,11,13,23-25H,10,12,14H2,1H3/t23-,24-,25+,31-,32+/m0/s1. The summed E-state index contributed by atoms with van der Waals surface area (Å²) in [4.78, 5) is 45.8. The van der Waals surface area contributed by atoms with Crippen molar-refractivity contribution in [1.82, 2.24) is 4.98 Å². The van der Waals surface area contributed by atoms with E-state index < -0.39 is 53.1 Å². The third-order valence-corrected chi connectivity index (χ3v) is 9.94. The Morgan fingerprint density at radius 3 is 2.49 bits per heavy atom. The van der Waals surface area contributed by atoms with Crippen molar-refractivity contribution < 1.29 is 41.8 Å².